The van der Waals surface area contributed by atoms with E-state index in [1.807, 2.05) is 11.8 Å². The van der Waals surface area contributed by atoms with Crippen LogP contribution in [0.4, 0.5) is 0 Å². The number of rotatable bonds is 5. The first-order valence-electron chi connectivity index (χ1n) is 6.30. The van der Waals surface area contributed by atoms with Gasteiger partial charge in [0.1, 0.15) is 6.61 Å². The van der Waals surface area contributed by atoms with Crippen molar-refractivity contribution in [1.29, 1.82) is 0 Å². The SMILES string of the molecule is CCN1C(=O)CC(N2CC(C)(OCC(=O)O)C2)C1=O. The Balaban J connectivity index is 1.89. The molecule has 2 rings (SSSR count). The summed E-state index contributed by atoms with van der Waals surface area (Å²) in [5, 5.41) is 8.57. The van der Waals surface area contributed by atoms with Gasteiger partial charge in [0.25, 0.3) is 0 Å². The first kappa shape index (κ1) is 14.0. The van der Waals surface area contributed by atoms with Crippen molar-refractivity contribution in [2.24, 2.45) is 0 Å². The van der Waals surface area contributed by atoms with Crippen molar-refractivity contribution in [2.45, 2.75) is 31.9 Å². The predicted octanol–water partition coefficient (Wildman–Crippen LogP) is -0.691. The number of carboxylic acid groups (broad SMARTS) is 1. The number of likely N-dealkylation sites (N-methyl/N-ethyl adjacent to an activating group) is 1. The Hall–Kier alpha value is -1.47. The van der Waals surface area contributed by atoms with Crippen LogP contribution < -0.4 is 0 Å². The van der Waals surface area contributed by atoms with Crippen LogP contribution in [0, 0.1) is 0 Å². The molecule has 106 valence electrons. The van der Waals surface area contributed by atoms with E-state index >= 15 is 0 Å². The summed E-state index contributed by atoms with van der Waals surface area (Å²) in [6, 6.07) is -0.408. The molecule has 2 fully saturated rings. The van der Waals surface area contributed by atoms with E-state index in [0.717, 1.165) is 0 Å². The molecular weight excluding hydrogens is 252 g/mol. The maximum Gasteiger partial charge on any atom is 0.329 e. The van der Waals surface area contributed by atoms with Crippen LogP contribution in [0.25, 0.3) is 0 Å². The van der Waals surface area contributed by atoms with Gasteiger partial charge in [-0.05, 0) is 13.8 Å². The quantitative estimate of drug-likeness (QED) is 0.665. The maximum absolute atomic E-state index is 12.0. The minimum absolute atomic E-state index is 0.141. The molecule has 7 heteroatoms. The Morgan fingerprint density at radius 3 is 2.58 bits per heavy atom. The van der Waals surface area contributed by atoms with E-state index in [1.54, 1.807) is 6.92 Å². The number of imide groups is 1. The average Bonchev–Trinajstić information content (AvgIpc) is 2.58. The van der Waals surface area contributed by atoms with Gasteiger partial charge in [-0.3, -0.25) is 19.4 Å². The third kappa shape index (κ3) is 2.62. The van der Waals surface area contributed by atoms with Gasteiger partial charge in [-0.1, -0.05) is 0 Å². The molecule has 2 heterocycles. The van der Waals surface area contributed by atoms with Crippen molar-refractivity contribution in [3.63, 3.8) is 0 Å². The number of carboxylic acids is 1. The lowest BCUT2D eigenvalue weighted by Crippen LogP contribution is -2.65. The van der Waals surface area contributed by atoms with Crippen LogP contribution in [0.5, 0.6) is 0 Å². The fourth-order valence-corrected chi connectivity index (χ4v) is 2.64. The van der Waals surface area contributed by atoms with Crippen LogP contribution in [-0.2, 0) is 19.1 Å². The van der Waals surface area contributed by atoms with E-state index in [2.05, 4.69) is 0 Å². The van der Waals surface area contributed by atoms with Crippen molar-refractivity contribution in [1.82, 2.24) is 9.80 Å². The standard InChI is InChI=1S/C12H18N2O5/c1-3-14-9(15)4-8(11(14)18)13-6-12(2,7-13)19-5-10(16)17/h8H,3-7H2,1-2H3,(H,16,17). The zero-order chi connectivity index (χ0) is 14.2. The Labute approximate surface area is 111 Å². The number of hydrogen-bond acceptors (Lipinski definition) is 5. The third-order valence-electron chi connectivity index (χ3n) is 3.60. The molecule has 1 unspecified atom stereocenters. The summed E-state index contributed by atoms with van der Waals surface area (Å²) in [6.45, 7) is 4.58. The zero-order valence-electron chi connectivity index (χ0n) is 11.1. The summed E-state index contributed by atoms with van der Waals surface area (Å²) < 4.78 is 5.28. The van der Waals surface area contributed by atoms with Gasteiger partial charge in [0.15, 0.2) is 0 Å². The van der Waals surface area contributed by atoms with E-state index in [0.29, 0.717) is 19.6 Å². The summed E-state index contributed by atoms with van der Waals surface area (Å²) in [5.74, 6) is -1.31. The first-order valence-corrected chi connectivity index (χ1v) is 6.30. The monoisotopic (exact) mass is 270 g/mol. The Kier molecular flexibility index (Phi) is 3.60. The Morgan fingerprint density at radius 1 is 1.47 bits per heavy atom. The molecule has 1 atom stereocenters. The third-order valence-corrected chi connectivity index (χ3v) is 3.60. The summed E-state index contributed by atoms with van der Waals surface area (Å²) in [7, 11) is 0. The second kappa shape index (κ2) is 4.90. The average molecular weight is 270 g/mol. The van der Waals surface area contributed by atoms with E-state index in [-0.39, 0.29) is 24.8 Å². The molecular formula is C12H18N2O5. The second-order valence-electron chi connectivity index (χ2n) is 5.23. The molecule has 2 aliphatic rings. The van der Waals surface area contributed by atoms with Gasteiger partial charge in [0.05, 0.1) is 18.1 Å². The minimum atomic E-state index is -1.01. The van der Waals surface area contributed by atoms with E-state index in [9.17, 15) is 14.4 Å². The van der Waals surface area contributed by atoms with Gasteiger partial charge in [0.2, 0.25) is 11.8 Å². The molecule has 2 aliphatic heterocycles. The predicted molar refractivity (Wildman–Crippen MR) is 64.4 cm³/mol. The Morgan fingerprint density at radius 2 is 2.11 bits per heavy atom. The number of carbonyl (C=O) groups excluding carboxylic acids is 2. The molecule has 7 nitrogen and oxygen atoms in total. The van der Waals surface area contributed by atoms with Crippen LogP contribution in [0.3, 0.4) is 0 Å². The fourth-order valence-electron chi connectivity index (χ4n) is 2.64. The van der Waals surface area contributed by atoms with E-state index < -0.39 is 17.6 Å². The lowest BCUT2D eigenvalue weighted by Gasteiger charge is -2.49. The second-order valence-corrected chi connectivity index (χ2v) is 5.23. The highest BCUT2D eigenvalue weighted by atomic mass is 16.5. The maximum atomic E-state index is 12.0. The van der Waals surface area contributed by atoms with Crippen LogP contribution in [-0.4, -0.2) is 70.6 Å². The molecule has 2 saturated heterocycles. The largest absolute Gasteiger partial charge is 0.480 e. The molecule has 2 amide bonds. The summed E-state index contributed by atoms with van der Waals surface area (Å²) in [6.07, 6.45) is 0.210. The van der Waals surface area contributed by atoms with Crippen molar-refractivity contribution < 1.29 is 24.2 Å². The topological polar surface area (TPSA) is 87.2 Å². The molecule has 0 aromatic carbocycles. The molecule has 0 radical (unpaired) electrons. The lowest BCUT2D eigenvalue weighted by molar-refractivity contribution is -0.172. The number of amides is 2. The van der Waals surface area contributed by atoms with Gasteiger partial charge >= 0.3 is 5.97 Å². The molecule has 0 aliphatic carbocycles. The van der Waals surface area contributed by atoms with E-state index in [4.69, 9.17) is 9.84 Å². The number of ether oxygens (including phenoxy) is 1. The highest BCUT2D eigenvalue weighted by molar-refractivity contribution is 6.05. The van der Waals surface area contributed by atoms with Crippen LogP contribution >= 0.6 is 0 Å². The van der Waals surface area contributed by atoms with Gasteiger partial charge in [-0.15, -0.1) is 0 Å². The number of carbonyl (C=O) groups is 3. The lowest BCUT2D eigenvalue weighted by atomic mass is 9.93. The number of hydrogen-bond donors (Lipinski definition) is 1. The smallest absolute Gasteiger partial charge is 0.329 e. The summed E-state index contributed by atoms with van der Waals surface area (Å²) >= 11 is 0. The summed E-state index contributed by atoms with van der Waals surface area (Å²) in [4.78, 5) is 37.2. The van der Waals surface area contributed by atoms with Crippen molar-refractivity contribution in [2.75, 3.05) is 26.2 Å². The van der Waals surface area contributed by atoms with E-state index in [1.165, 1.54) is 4.90 Å². The van der Waals surface area contributed by atoms with Crippen LogP contribution in [0.15, 0.2) is 0 Å². The van der Waals surface area contributed by atoms with Crippen molar-refractivity contribution in [3.8, 4) is 0 Å². The van der Waals surface area contributed by atoms with Crippen LogP contribution in [0.1, 0.15) is 20.3 Å². The van der Waals surface area contributed by atoms with Crippen molar-refractivity contribution >= 4 is 17.8 Å². The molecule has 0 aromatic heterocycles. The molecule has 0 bridgehead atoms. The highest BCUT2D eigenvalue weighted by Gasteiger charge is 2.50. The van der Waals surface area contributed by atoms with Gasteiger partial charge < -0.3 is 9.84 Å². The van der Waals surface area contributed by atoms with Gasteiger partial charge in [-0.2, -0.15) is 0 Å². The summed E-state index contributed by atoms with van der Waals surface area (Å²) in [5.41, 5.74) is -0.540. The normalized spacial score (nSPS) is 26.6. The Bertz CT molecular complexity index is 416. The number of likely N-dealkylation sites (tertiary alicyclic amines) is 2. The molecule has 0 saturated carbocycles. The molecule has 1 N–H and O–H groups in total. The van der Waals surface area contributed by atoms with Crippen LogP contribution in [0.2, 0.25) is 0 Å². The number of nitrogens with zero attached hydrogens (tertiary/aromatic N) is 2. The minimum Gasteiger partial charge on any atom is -0.480 e. The van der Waals surface area contributed by atoms with Gasteiger partial charge in [0, 0.05) is 19.6 Å². The first-order chi connectivity index (χ1) is 8.86. The molecule has 0 spiro atoms. The highest BCUT2D eigenvalue weighted by Crippen LogP contribution is 2.30. The fraction of sp³-hybridized carbons (Fsp3) is 0.750. The number of aliphatic carboxylic acids is 1. The molecule has 0 aromatic rings. The molecule has 19 heavy (non-hydrogen) atoms. The van der Waals surface area contributed by atoms with Crippen molar-refractivity contribution in [3.05, 3.63) is 0 Å². The van der Waals surface area contributed by atoms with Gasteiger partial charge in [-0.25, -0.2) is 4.79 Å². The zero-order valence-corrected chi connectivity index (χ0v) is 11.1.